The lowest BCUT2D eigenvalue weighted by Crippen LogP contribution is -2.46. The Morgan fingerprint density at radius 1 is 1.31 bits per heavy atom. The van der Waals surface area contributed by atoms with Crippen LogP contribution in [0.5, 0.6) is 0 Å². The Morgan fingerprint density at radius 2 is 2.07 bits per heavy atom. The molecule has 2 N–H and O–H groups in total. The number of hydrogen-bond acceptors (Lipinski definition) is 7. The number of rotatable bonds is 5. The standard InChI is InChI=1S/C21H24FN3O4/c1-28-19(26)13-5-7-16(8-6-13)24-20-23-10-17(22)18(25-20)14-3-2-4-15(9-14)21(27)11-29-12-21/h2-4,9-10,13,16,27H,5-8,11-12H2,1H3,(H,23,24,25)/t13-,16-. The molecule has 0 unspecified atom stereocenters. The van der Waals surface area contributed by atoms with Crippen LogP contribution in [0.25, 0.3) is 11.3 Å². The molecule has 8 heteroatoms. The molecule has 2 aliphatic rings. The minimum atomic E-state index is -1.03. The van der Waals surface area contributed by atoms with Crippen LogP contribution in [0.1, 0.15) is 31.2 Å². The number of nitrogens with one attached hydrogen (secondary N) is 1. The molecule has 154 valence electrons. The highest BCUT2D eigenvalue weighted by Crippen LogP contribution is 2.33. The molecule has 1 aliphatic carbocycles. The summed E-state index contributed by atoms with van der Waals surface area (Å²) in [6.07, 6.45) is 4.21. The van der Waals surface area contributed by atoms with E-state index in [9.17, 15) is 14.3 Å². The molecule has 0 radical (unpaired) electrons. The van der Waals surface area contributed by atoms with Crippen molar-refractivity contribution in [3.05, 3.63) is 41.8 Å². The van der Waals surface area contributed by atoms with E-state index < -0.39 is 11.4 Å². The second kappa shape index (κ2) is 8.04. The number of carbonyl (C=O) groups excluding carboxylic acids is 1. The SMILES string of the molecule is COC(=O)[C@H]1CC[C@H](Nc2ncc(F)c(-c3cccc(C4(O)COC4)c3)n2)CC1. The number of hydrogen-bond donors (Lipinski definition) is 2. The fourth-order valence-electron chi connectivity index (χ4n) is 3.88. The topological polar surface area (TPSA) is 93.6 Å². The Morgan fingerprint density at radius 3 is 2.72 bits per heavy atom. The zero-order chi connectivity index (χ0) is 20.4. The van der Waals surface area contributed by atoms with Crippen LogP contribution in [-0.4, -0.2) is 47.4 Å². The first kappa shape index (κ1) is 19.7. The molecule has 0 atom stereocenters. The van der Waals surface area contributed by atoms with Crippen molar-refractivity contribution in [1.29, 1.82) is 0 Å². The molecule has 7 nitrogen and oxygen atoms in total. The summed E-state index contributed by atoms with van der Waals surface area (Å²) in [7, 11) is 1.41. The largest absolute Gasteiger partial charge is 0.469 e. The van der Waals surface area contributed by atoms with Crippen molar-refractivity contribution in [2.75, 3.05) is 25.6 Å². The summed E-state index contributed by atoms with van der Waals surface area (Å²) in [5.74, 6) is -0.410. The molecule has 2 heterocycles. The van der Waals surface area contributed by atoms with Gasteiger partial charge in [-0.05, 0) is 37.3 Å². The number of nitrogens with zero attached hydrogens (tertiary/aromatic N) is 2. The number of esters is 1. The molecule has 1 saturated carbocycles. The van der Waals surface area contributed by atoms with E-state index in [1.54, 1.807) is 24.3 Å². The third-order valence-corrected chi connectivity index (χ3v) is 5.69. The van der Waals surface area contributed by atoms with Crippen LogP contribution in [-0.2, 0) is 19.9 Å². The summed E-state index contributed by atoms with van der Waals surface area (Å²) in [5.41, 5.74) is 0.394. The Bertz CT molecular complexity index is 895. The molecule has 4 rings (SSSR count). The van der Waals surface area contributed by atoms with Gasteiger partial charge in [-0.3, -0.25) is 4.79 Å². The van der Waals surface area contributed by atoms with Crippen LogP contribution in [0, 0.1) is 11.7 Å². The molecule has 1 aliphatic heterocycles. The normalized spacial score (nSPS) is 23.1. The minimum Gasteiger partial charge on any atom is -0.469 e. The molecule has 1 saturated heterocycles. The predicted molar refractivity (Wildman–Crippen MR) is 104 cm³/mol. The fraction of sp³-hybridized carbons (Fsp3) is 0.476. The maximum atomic E-state index is 14.4. The average Bonchev–Trinajstić information content (AvgIpc) is 2.73. The van der Waals surface area contributed by atoms with Crippen molar-refractivity contribution in [2.24, 2.45) is 5.92 Å². The summed E-state index contributed by atoms with van der Waals surface area (Å²) in [6, 6.07) is 7.17. The lowest BCUT2D eigenvalue weighted by Gasteiger charge is -2.36. The van der Waals surface area contributed by atoms with Crippen LogP contribution >= 0.6 is 0 Å². The van der Waals surface area contributed by atoms with E-state index in [0.29, 0.717) is 17.1 Å². The van der Waals surface area contributed by atoms with Crippen molar-refractivity contribution in [3.63, 3.8) is 0 Å². The van der Waals surface area contributed by atoms with Crippen LogP contribution in [0.2, 0.25) is 0 Å². The fourth-order valence-corrected chi connectivity index (χ4v) is 3.88. The molecule has 0 spiro atoms. The van der Waals surface area contributed by atoms with E-state index in [0.717, 1.165) is 31.9 Å². The van der Waals surface area contributed by atoms with E-state index in [1.807, 2.05) is 0 Å². The summed E-state index contributed by atoms with van der Waals surface area (Å²) >= 11 is 0. The van der Waals surface area contributed by atoms with E-state index >= 15 is 0 Å². The first-order valence-corrected chi connectivity index (χ1v) is 9.76. The molecule has 1 aromatic heterocycles. The zero-order valence-electron chi connectivity index (χ0n) is 16.2. The van der Waals surface area contributed by atoms with Gasteiger partial charge in [-0.2, -0.15) is 0 Å². The van der Waals surface area contributed by atoms with Gasteiger partial charge in [0.25, 0.3) is 0 Å². The van der Waals surface area contributed by atoms with Crippen molar-refractivity contribution >= 4 is 11.9 Å². The monoisotopic (exact) mass is 401 g/mol. The number of benzene rings is 1. The highest BCUT2D eigenvalue weighted by atomic mass is 19.1. The van der Waals surface area contributed by atoms with Crippen molar-refractivity contribution < 1.29 is 23.8 Å². The molecule has 2 aromatic rings. The van der Waals surface area contributed by atoms with Crippen molar-refractivity contribution in [1.82, 2.24) is 9.97 Å². The molecule has 29 heavy (non-hydrogen) atoms. The quantitative estimate of drug-likeness (QED) is 0.744. The van der Waals surface area contributed by atoms with Crippen LogP contribution in [0.3, 0.4) is 0 Å². The lowest BCUT2D eigenvalue weighted by atomic mass is 9.86. The second-order valence-electron chi connectivity index (χ2n) is 7.71. The van der Waals surface area contributed by atoms with Crippen molar-refractivity contribution in [3.8, 4) is 11.3 Å². The molecular formula is C21H24FN3O4. The first-order valence-electron chi connectivity index (χ1n) is 9.76. The van der Waals surface area contributed by atoms with E-state index in [-0.39, 0.29) is 36.8 Å². The summed E-state index contributed by atoms with van der Waals surface area (Å²) in [6.45, 7) is 0.452. The number of halogens is 1. The third kappa shape index (κ3) is 4.09. The number of anilines is 1. The van der Waals surface area contributed by atoms with Crippen LogP contribution < -0.4 is 5.32 Å². The second-order valence-corrected chi connectivity index (χ2v) is 7.71. The minimum absolute atomic E-state index is 0.0632. The number of carbonyl (C=O) groups is 1. The van der Waals surface area contributed by atoms with Crippen LogP contribution in [0.4, 0.5) is 10.3 Å². The third-order valence-electron chi connectivity index (χ3n) is 5.69. The highest BCUT2D eigenvalue weighted by molar-refractivity contribution is 5.72. The van der Waals surface area contributed by atoms with Gasteiger partial charge in [-0.1, -0.05) is 18.2 Å². The van der Waals surface area contributed by atoms with E-state index in [4.69, 9.17) is 9.47 Å². The van der Waals surface area contributed by atoms with Gasteiger partial charge in [-0.15, -0.1) is 0 Å². The van der Waals surface area contributed by atoms with Gasteiger partial charge in [0.2, 0.25) is 5.95 Å². The Kier molecular flexibility index (Phi) is 5.47. The smallest absolute Gasteiger partial charge is 0.308 e. The Labute approximate surface area is 168 Å². The molecular weight excluding hydrogens is 377 g/mol. The number of methoxy groups -OCH3 is 1. The summed E-state index contributed by atoms with van der Waals surface area (Å²) in [4.78, 5) is 20.1. The Balaban J connectivity index is 1.49. The molecule has 0 amide bonds. The maximum absolute atomic E-state index is 14.4. The Hall–Kier alpha value is -2.58. The van der Waals surface area contributed by atoms with Gasteiger partial charge in [0.1, 0.15) is 11.3 Å². The zero-order valence-corrected chi connectivity index (χ0v) is 16.2. The number of ether oxygens (including phenoxy) is 2. The van der Waals surface area contributed by atoms with E-state index in [1.165, 1.54) is 7.11 Å². The first-order chi connectivity index (χ1) is 14.0. The van der Waals surface area contributed by atoms with Crippen molar-refractivity contribution in [2.45, 2.75) is 37.3 Å². The molecule has 2 fully saturated rings. The molecule has 0 bridgehead atoms. The average molecular weight is 401 g/mol. The van der Waals surface area contributed by atoms with Gasteiger partial charge in [0.15, 0.2) is 5.82 Å². The van der Waals surface area contributed by atoms with E-state index in [2.05, 4.69) is 15.3 Å². The summed E-state index contributed by atoms with van der Waals surface area (Å²) in [5, 5.41) is 13.7. The van der Waals surface area contributed by atoms with Gasteiger partial charge in [0, 0.05) is 11.6 Å². The molecule has 1 aromatic carbocycles. The predicted octanol–water partition coefficient (Wildman–Crippen LogP) is 2.64. The lowest BCUT2D eigenvalue weighted by molar-refractivity contribution is -0.184. The van der Waals surface area contributed by atoms with Gasteiger partial charge in [0.05, 0.1) is 32.4 Å². The number of aliphatic hydroxyl groups is 1. The maximum Gasteiger partial charge on any atom is 0.308 e. The highest BCUT2D eigenvalue weighted by Gasteiger charge is 2.38. The van der Waals surface area contributed by atoms with Crippen LogP contribution in [0.15, 0.2) is 30.5 Å². The van der Waals surface area contributed by atoms with Gasteiger partial charge >= 0.3 is 5.97 Å². The van der Waals surface area contributed by atoms with Gasteiger partial charge < -0.3 is 19.9 Å². The van der Waals surface area contributed by atoms with Gasteiger partial charge in [-0.25, -0.2) is 14.4 Å². The summed E-state index contributed by atoms with van der Waals surface area (Å²) < 4.78 is 24.4. The number of aromatic nitrogens is 2.